The van der Waals surface area contributed by atoms with Crippen LogP contribution >= 0.6 is 10.7 Å². The Labute approximate surface area is 124 Å². The molecule has 1 aromatic rings. The molecule has 0 amide bonds. The molecule has 0 aromatic heterocycles. The number of nitrogens with two attached hydrogens (primary N) is 1. The van der Waals surface area contributed by atoms with Crippen molar-refractivity contribution >= 4 is 51.1 Å². The van der Waals surface area contributed by atoms with Crippen molar-refractivity contribution in [1.82, 2.24) is 0 Å². The molecule has 0 fully saturated rings. The zero-order valence-corrected chi connectivity index (χ0v) is 20.0. The van der Waals surface area contributed by atoms with Crippen LogP contribution in [0.5, 0.6) is 0 Å². The van der Waals surface area contributed by atoms with Gasteiger partial charge in [-0.15, -0.1) is 0 Å². The van der Waals surface area contributed by atoms with E-state index in [-0.39, 0.29) is 4.90 Å². The zero-order chi connectivity index (χ0) is 15.1. The Morgan fingerprint density at radius 3 is 2.40 bits per heavy atom. The molecule has 0 saturated carbocycles. The first kappa shape index (κ1) is 20.4. The second-order valence-corrected chi connectivity index (χ2v) is 5.96. The molecule has 0 aliphatic carbocycles. The van der Waals surface area contributed by atoms with Crippen LogP contribution in [0.1, 0.15) is 11.1 Å². The monoisotopic (exact) mass is 582 g/mol. The quantitative estimate of drug-likeness (QED) is 0.254. The molecule has 0 saturated heterocycles. The summed E-state index contributed by atoms with van der Waals surface area (Å²) in [6, 6.07) is 4.93. The van der Waals surface area contributed by atoms with Gasteiger partial charge in [-0.25, -0.2) is 8.42 Å². The number of allylic oxidation sites excluding steroid dienone is 1. The Morgan fingerprint density at radius 1 is 1.45 bits per heavy atom. The molecular formula is C11H13BClN2O2RfS2-. The fraction of sp³-hybridized carbons (Fsp3) is 0.182. The van der Waals surface area contributed by atoms with Crippen LogP contribution in [0.4, 0.5) is 0 Å². The number of halogens is 1. The second kappa shape index (κ2) is 9.06. The molecule has 0 aliphatic heterocycles. The van der Waals surface area contributed by atoms with Crippen LogP contribution in [-0.4, -0.2) is 28.8 Å². The van der Waals surface area contributed by atoms with Gasteiger partial charge in [0.15, 0.2) is 0 Å². The smallest absolute Gasteiger partial charge is 0.261 e. The molecule has 0 heterocycles. The molecule has 0 bridgehead atoms. The molecule has 2 radical (unpaired) electrons. The minimum absolute atomic E-state index is 0. The van der Waals surface area contributed by atoms with Crippen molar-refractivity contribution in [1.29, 1.82) is 0 Å². The number of hydrogen-bond acceptors (Lipinski definition) is 5. The van der Waals surface area contributed by atoms with E-state index in [1.165, 1.54) is 12.3 Å². The second-order valence-electron chi connectivity index (χ2n) is 3.43. The van der Waals surface area contributed by atoms with Crippen molar-refractivity contribution in [2.45, 2.75) is 11.8 Å². The Bertz CT molecular complexity index is 592. The maximum atomic E-state index is 11.4. The van der Waals surface area contributed by atoms with Crippen LogP contribution in [0, 0.1) is 6.92 Å². The Balaban J connectivity index is 0. The van der Waals surface area contributed by atoms with Gasteiger partial charge >= 0.3 is 0 Å². The number of hydrogen-bond donors (Lipinski definition) is 1. The average Bonchev–Trinajstić information content (AvgIpc) is 2.38. The average molecular weight is 583 g/mol. The van der Waals surface area contributed by atoms with E-state index >= 15 is 0 Å². The number of nitrogens with zero attached hydrogens (tertiary/aromatic N) is 1. The summed E-state index contributed by atoms with van der Waals surface area (Å²) in [5, 5.41) is 0. The van der Waals surface area contributed by atoms with Crippen molar-refractivity contribution in [3.8, 4) is 0 Å². The van der Waals surface area contributed by atoms with Crippen LogP contribution in [-0.2, 0) is 21.5 Å². The van der Waals surface area contributed by atoms with Crippen molar-refractivity contribution in [2.75, 3.05) is 7.05 Å². The predicted octanol–water partition coefficient (Wildman–Crippen LogP) is 1.54. The van der Waals surface area contributed by atoms with Gasteiger partial charge in [0.05, 0.1) is 4.90 Å². The summed E-state index contributed by atoms with van der Waals surface area (Å²) in [6.07, 6.45) is 2.91. The maximum Gasteiger partial charge on any atom is 0.261 e. The molecule has 20 heavy (non-hydrogen) atoms. The van der Waals surface area contributed by atoms with Crippen LogP contribution in [0.15, 0.2) is 34.3 Å². The predicted molar refractivity (Wildman–Crippen MR) is 83.9 cm³/mol. The number of rotatable bonds is 3. The summed E-state index contributed by atoms with van der Waals surface area (Å²) >= 11 is 3.58. The fourth-order valence-corrected chi connectivity index (χ4v) is 2.61. The fourth-order valence-electron chi connectivity index (χ4n) is 1.40. The summed E-state index contributed by atoms with van der Waals surface area (Å²) in [5.74, 6) is 0. The van der Waals surface area contributed by atoms with Crippen LogP contribution < -0.4 is 5.73 Å². The summed E-state index contributed by atoms with van der Waals surface area (Å²) in [6.45, 7) is 1.68. The number of aryl methyl sites for hydroxylation is 1. The molecule has 0 aliphatic rings. The molecule has 104 valence electrons. The van der Waals surface area contributed by atoms with E-state index in [0.717, 1.165) is 0 Å². The third kappa shape index (κ3) is 5.38. The van der Waals surface area contributed by atoms with Crippen molar-refractivity contribution < 1.29 is 8.42 Å². The molecule has 0 spiro atoms. The standard InChI is InChI=1S/C11H13ClN2O2S.BS.Rf/c1-8-3-4-9(10(6-13)7-14-2)5-11(8)17(12,15)16;1-2;/h3-7H,13H2,1-2H3;;/q;-1;/b10-6+,14-7?;;. The third-order valence-corrected chi connectivity index (χ3v) is 3.70. The molecular weight excluding hydrogens is 570 g/mol. The van der Waals surface area contributed by atoms with E-state index in [4.69, 9.17) is 16.4 Å². The van der Waals surface area contributed by atoms with E-state index < -0.39 is 9.05 Å². The van der Waals surface area contributed by atoms with Gasteiger partial charge in [0.25, 0.3) is 9.05 Å². The summed E-state index contributed by atoms with van der Waals surface area (Å²) in [4.78, 5) is 3.93. The minimum Gasteiger partial charge on any atom is -0.843 e. The third-order valence-electron chi connectivity index (χ3n) is 2.23. The topological polar surface area (TPSA) is 72.5 Å². The van der Waals surface area contributed by atoms with Crippen molar-refractivity contribution in [2.24, 2.45) is 10.7 Å². The summed E-state index contributed by atoms with van der Waals surface area (Å²) < 4.78 is 22.7. The van der Waals surface area contributed by atoms with Gasteiger partial charge in [0.1, 0.15) is 0 Å². The van der Waals surface area contributed by atoms with Gasteiger partial charge in [-0.05, 0) is 24.1 Å². The number of benzene rings is 1. The zero-order valence-electron chi connectivity index (χ0n) is 11.2. The van der Waals surface area contributed by atoms with Gasteiger partial charge < -0.3 is 18.2 Å². The van der Waals surface area contributed by atoms with Gasteiger partial charge in [-0.1, -0.05) is 12.1 Å². The Hall–Kier alpha value is -1.92. The van der Waals surface area contributed by atoms with Crippen LogP contribution in [0.3, 0.4) is 0 Å². The Morgan fingerprint density at radius 2 is 2.00 bits per heavy atom. The number of aliphatic imine (C=N–C) groups is 1. The normalized spacial score (nSPS) is 11.5. The van der Waals surface area contributed by atoms with E-state index in [2.05, 4.69) is 24.6 Å². The van der Waals surface area contributed by atoms with E-state index in [1.54, 1.807) is 32.3 Å². The van der Waals surface area contributed by atoms with Gasteiger partial charge in [-0.2, -0.15) is 7.12 Å². The molecule has 1 aromatic carbocycles. The maximum absolute atomic E-state index is 11.4. The Kier molecular flexibility index (Phi) is 9.25. The van der Waals surface area contributed by atoms with E-state index in [1.807, 2.05) is 0 Å². The molecule has 1 rings (SSSR count). The van der Waals surface area contributed by atoms with Gasteiger partial charge in [-0.3, -0.25) is 4.99 Å². The molecule has 9 heteroatoms. The minimum atomic E-state index is -3.75. The summed E-state index contributed by atoms with van der Waals surface area (Å²) in [5.41, 5.74) is 7.33. The first-order valence-corrected chi connectivity index (χ1v) is 7.81. The largest absolute Gasteiger partial charge is 0.843 e. The van der Waals surface area contributed by atoms with Crippen LogP contribution in [0.25, 0.3) is 5.57 Å². The molecule has 0 unspecified atom stereocenters. The summed E-state index contributed by atoms with van der Waals surface area (Å²) in [7, 11) is 7.29. The van der Waals surface area contributed by atoms with E-state index in [9.17, 15) is 8.42 Å². The van der Waals surface area contributed by atoms with Crippen molar-refractivity contribution in [3.63, 3.8) is 0 Å². The van der Waals surface area contributed by atoms with Crippen molar-refractivity contribution in [3.05, 3.63) is 35.5 Å². The first-order chi connectivity index (χ1) is 8.90. The molecule has 0 atom stereocenters. The van der Waals surface area contributed by atoms with Crippen LogP contribution in [0.2, 0.25) is 0 Å². The van der Waals surface area contributed by atoms with Gasteiger partial charge in [0.2, 0.25) is 0 Å². The molecule has 4 nitrogen and oxygen atoms in total. The van der Waals surface area contributed by atoms with Gasteiger partial charge in [0, 0.05) is 35.7 Å². The van der Waals surface area contributed by atoms with E-state index in [0.29, 0.717) is 16.7 Å². The molecule has 2 N–H and O–H groups in total. The SMILES string of the molecule is CN=C/C(=C\N)c1ccc(C)c(S(=O)(=O)Cl)c1.[B][S-].[Rf]. The first-order valence-electron chi connectivity index (χ1n) is 5.03.